The minimum absolute atomic E-state index is 0.227. The Morgan fingerprint density at radius 1 is 0.200 bits per heavy atom. The van der Waals surface area contributed by atoms with E-state index in [0.717, 1.165) is 56.4 Å². The average molecular weight is 1520 g/mol. The van der Waals surface area contributed by atoms with Gasteiger partial charge in [-0.25, -0.2) is 8.78 Å². The summed E-state index contributed by atoms with van der Waals surface area (Å²) in [5.41, 5.74) is 24.8. The normalized spacial score (nSPS) is 13.9. The van der Waals surface area contributed by atoms with Crippen LogP contribution in [-0.2, 0) is 16.2 Å². The van der Waals surface area contributed by atoms with Gasteiger partial charge in [-0.15, -0.1) is 0 Å². The number of fused-ring (bicyclic) bond motifs is 9. The number of hydrogen-bond acceptors (Lipinski definition) is 2. The van der Waals surface area contributed by atoms with E-state index in [4.69, 9.17) is 0 Å². The smallest absolute Gasteiger partial charge is 0.179 e. The lowest BCUT2D eigenvalue weighted by Gasteiger charge is -2.35. The summed E-state index contributed by atoms with van der Waals surface area (Å²) in [4.78, 5) is 4.54. The maximum absolute atomic E-state index is 14.8. The van der Waals surface area contributed by atoms with Crippen molar-refractivity contribution in [2.24, 2.45) is 0 Å². The summed E-state index contributed by atoms with van der Waals surface area (Å²) in [6.45, 7) is 14.1. The molecule has 0 heterocycles. The number of rotatable bonds is 18. The van der Waals surface area contributed by atoms with Gasteiger partial charge < -0.3 is 9.80 Å². The third kappa shape index (κ3) is 12.3. The minimum atomic E-state index is -2.78. The van der Waals surface area contributed by atoms with E-state index in [1.165, 1.54) is 108 Å². The molecule has 6 heteroatoms. The molecule has 0 amide bonds. The van der Waals surface area contributed by atoms with Crippen molar-refractivity contribution >= 4 is 116 Å². The highest BCUT2D eigenvalue weighted by Gasteiger charge is 2.45. The molecule has 16 aromatic carbocycles. The summed E-state index contributed by atoms with van der Waals surface area (Å²) in [6.07, 6.45) is 9.08. The van der Waals surface area contributed by atoms with Gasteiger partial charge in [0.25, 0.3) is 0 Å². The second-order valence-electron chi connectivity index (χ2n) is 32.6. The second-order valence-corrected chi connectivity index (χ2v) is 40.3. The molecule has 3 aliphatic rings. The molecule has 0 aromatic heterocycles. The van der Waals surface area contributed by atoms with Crippen LogP contribution in [0.4, 0.5) is 42.9 Å². The monoisotopic (exact) mass is 1520 g/mol. The summed E-state index contributed by atoms with van der Waals surface area (Å²) >= 11 is 0. The number of nitrogens with zero attached hydrogens (tertiary/aromatic N) is 2. The fourth-order valence-electron chi connectivity index (χ4n) is 19.3. The predicted octanol–water partition coefficient (Wildman–Crippen LogP) is 22.9. The molecular weight excluding hydrogens is 1430 g/mol. The standard InChI is InChI=1S/C109H86F2N2Si2/c1-107(2)101-69-75(37-39-77-43-65-97-99-67-57-85(73-105(99)108(3,4)103(97)71-77)112(81-49-45-79(110)46-50-81)83-53-59-93(60-54-83)114(87-25-13-7-14-26-87,88-27-15-8-16-28-88)89-29-17-9-18-30-89)41-63-95(101)96-64-42-76(70-102(96)107)38-40-78-44-66-98-100-68-58-86(74-106(100)109(5,6)104(98)72-78)113(82-51-47-80(111)48-52-82)84-55-61-94(62-56-84)115(90-31-19-10-20-32-90,91-33-21-11-22-34-91)92-35-23-12-24-36-92/h7-74H,1-6H3/b39-37+,40-38+. The average Bonchev–Trinajstić information content (AvgIpc) is 1.72. The van der Waals surface area contributed by atoms with Gasteiger partial charge in [0.05, 0.1) is 0 Å². The van der Waals surface area contributed by atoms with Crippen LogP contribution in [0.15, 0.2) is 388 Å². The van der Waals surface area contributed by atoms with Crippen molar-refractivity contribution in [3.05, 3.63) is 456 Å². The van der Waals surface area contributed by atoms with Gasteiger partial charge in [0.2, 0.25) is 0 Å². The second kappa shape index (κ2) is 28.8. The van der Waals surface area contributed by atoms with Gasteiger partial charge >= 0.3 is 0 Å². The first-order chi connectivity index (χ1) is 56.1. The van der Waals surface area contributed by atoms with Crippen molar-refractivity contribution in [2.75, 3.05) is 9.80 Å². The molecule has 2 nitrogen and oxygen atoms in total. The van der Waals surface area contributed by atoms with Crippen LogP contribution in [-0.4, -0.2) is 16.1 Å². The third-order valence-electron chi connectivity index (χ3n) is 25.1. The van der Waals surface area contributed by atoms with Crippen LogP contribution >= 0.6 is 0 Å². The zero-order valence-electron chi connectivity index (χ0n) is 65.4. The van der Waals surface area contributed by atoms with E-state index in [-0.39, 0.29) is 27.9 Å². The first-order valence-electron chi connectivity index (χ1n) is 40.0. The van der Waals surface area contributed by atoms with E-state index >= 15 is 0 Å². The lowest BCUT2D eigenvalue weighted by molar-refractivity contribution is 0.627. The van der Waals surface area contributed by atoms with Gasteiger partial charge in [-0.1, -0.05) is 357 Å². The van der Waals surface area contributed by atoms with Gasteiger partial charge in [-0.2, -0.15) is 0 Å². The van der Waals surface area contributed by atoms with Crippen molar-refractivity contribution in [1.29, 1.82) is 0 Å². The lowest BCUT2D eigenvalue weighted by atomic mass is 9.81. The van der Waals surface area contributed by atoms with E-state index in [1.807, 2.05) is 24.3 Å². The van der Waals surface area contributed by atoms with Crippen LogP contribution in [0.1, 0.15) is 97.2 Å². The summed E-state index contributed by atoms with van der Waals surface area (Å²) in [7, 11) is -5.55. The Morgan fingerprint density at radius 2 is 0.383 bits per heavy atom. The quantitative estimate of drug-likeness (QED) is 0.0480. The van der Waals surface area contributed by atoms with Crippen LogP contribution in [0.2, 0.25) is 0 Å². The van der Waals surface area contributed by atoms with Gasteiger partial charge in [0, 0.05) is 50.4 Å². The zero-order chi connectivity index (χ0) is 78.2. The van der Waals surface area contributed by atoms with Crippen LogP contribution in [0.3, 0.4) is 0 Å². The fraction of sp³-hybridized carbons (Fsp3) is 0.0826. The Balaban J connectivity index is 0.566. The lowest BCUT2D eigenvalue weighted by Crippen LogP contribution is -2.74. The number of hydrogen-bond donors (Lipinski definition) is 0. The van der Waals surface area contributed by atoms with E-state index in [1.54, 1.807) is 24.3 Å². The Morgan fingerprint density at radius 3 is 0.609 bits per heavy atom. The maximum Gasteiger partial charge on any atom is 0.179 e. The molecule has 0 fully saturated rings. The molecule has 0 N–H and O–H groups in total. The molecule has 0 atom stereocenters. The van der Waals surface area contributed by atoms with Gasteiger partial charge in [-0.3, -0.25) is 0 Å². The number of anilines is 6. The predicted molar refractivity (Wildman–Crippen MR) is 486 cm³/mol. The molecule has 19 rings (SSSR count). The highest BCUT2D eigenvalue weighted by Crippen LogP contribution is 2.54. The largest absolute Gasteiger partial charge is 0.310 e. The molecule has 3 aliphatic carbocycles. The molecule has 0 aliphatic heterocycles. The zero-order valence-corrected chi connectivity index (χ0v) is 67.4. The van der Waals surface area contributed by atoms with Gasteiger partial charge in [-0.05, 0) is 228 Å². The van der Waals surface area contributed by atoms with Crippen LogP contribution in [0, 0.1) is 11.6 Å². The summed E-state index contributed by atoms with van der Waals surface area (Å²) in [5, 5.41) is 10.5. The SMILES string of the molecule is CC1(C)c2cc(/C=C/c3ccc4c(c3)C(C)(C)c3cc(N(c5ccc(F)cc5)c5ccc([Si](c6ccccc6)(c6ccccc6)c6ccccc6)cc5)ccc3-4)ccc2-c2ccc(/C=C/c3ccc4c(c3)C(C)(C)c3cc(N(c5ccc(F)cc5)c5ccc([Si](c6ccccc6)(c6ccccc6)c6ccccc6)cc5)ccc3-4)cc21. The van der Waals surface area contributed by atoms with Crippen LogP contribution in [0.5, 0.6) is 0 Å². The third-order valence-corrected chi connectivity index (χ3v) is 34.7. The van der Waals surface area contributed by atoms with Crippen LogP contribution in [0.25, 0.3) is 57.7 Å². The summed E-state index contributed by atoms with van der Waals surface area (Å²) in [6, 6.07) is 140. The minimum Gasteiger partial charge on any atom is -0.310 e. The van der Waals surface area contributed by atoms with E-state index < -0.39 is 16.1 Å². The Bertz CT molecular complexity index is 5820. The van der Waals surface area contributed by atoms with Gasteiger partial charge in [0.1, 0.15) is 11.6 Å². The van der Waals surface area contributed by atoms with E-state index in [2.05, 4.69) is 415 Å². The van der Waals surface area contributed by atoms with Crippen molar-refractivity contribution in [3.63, 3.8) is 0 Å². The molecule has 0 radical (unpaired) electrons. The van der Waals surface area contributed by atoms with E-state index in [9.17, 15) is 8.78 Å². The first-order valence-corrected chi connectivity index (χ1v) is 44.0. The van der Waals surface area contributed by atoms with E-state index in [0.29, 0.717) is 0 Å². The Labute approximate surface area is 676 Å². The topological polar surface area (TPSA) is 6.48 Å². The summed E-state index contributed by atoms with van der Waals surface area (Å²) in [5.74, 6) is -0.538. The highest BCUT2D eigenvalue weighted by molar-refractivity contribution is 7.20. The molecule has 16 aromatic rings. The van der Waals surface area contributed by atoms with Crippen molar-refractivity contribution in [2.45, 2.75) is 57.8 Å². The fourth-order valence-corrected chi connectivity index (χ4v) is 28.7. The maximum atomic E-state index is 14.8. The molecule has 0 saturated heterocycles. The van der Waals surface area contributed by atoms with Crippen molar-refractivity contribution < 1.29 is 8.78 Å². The Hall–Kier alpha value is -13.1. The molecule has 115 heavy (non-hydrogen) atoms. The van der Waals surface area contributed by atoms with Crippen LogP contribution < -0.4 is 51.3 Å². The highest BCUT2D eigenvalue weighted by atomic mass is 28.3. The molecule has 0 bridgehead atoms. The molecule has 0 saturated carbocycles. The number of benzene rings is 16. The number of halogens is 2. The van der Waals surface area contributed by atoms with Crippen molar-refractivity contribution in [1.82, 2.24) is 0 Å². The molecule has 0 spiro atoms. The Kier molecular flexibility index (Phi) is 18.1. The molecule has 554 valence electrons. The first kappa shape index (κ1) is 72.2. The summed E-state index contributed by atoms with van der Waals surface area (Å²) < 4.78 is 29.7. The molecule has 0 unspecified atom stereocenters. The van der Waals surface area contributed by atoms with Gasteiger partial charge in [0.15, 0.2) is 16.1 Å². The van der Waals surface area contributed by atoms with Crippen molar-refractivity contribution in [3.8, 4) is 33.4 Å². The molecular formula is C109H86F2N2Si2.